The molecule has 2 amide bonds. The molecule has 0 saturated heterocycles. The fraction of sp³-hybridized carbons (Fsp3) is 0.0588. The number of carbonyl (C=O) groups excluding carboxylic acids is 2. The monoisotopic (exact) mass is 576 g/mol. The summed E-state index contributed by atoms with van der Waals surface area (Å²) in [5.41, 5.74) is 15.5. The highest BCUT2D eigenvalue weighted by atomic mass is 16.2. The van der Waals surface area contributed by atoms with E-state index in [1.807, 2.05) is 72.8 Å². The minimum atomic E-state index is -0.418. The van der Waals surface area contributed by atoms with Crippen LogP contribution in [0.1, 0.15) is 20.7 Å². The number of nitrogens with zero attached hydrogens (tertiary/aromatic N) is 7. The van der Waals surface area contributed by atoms with Gasteiger partial charge < -0.3 is 4.90 Å². The molecule has 0 spiro atoms. The number of imide groups is 1. The molecule has 7 rings (SSSR count). The highest BCUT2D eigenvalue weighted by Crippen LogP contribution is 2.40. The van der Waals surface area contributed by atoms with Crippen LogP contribution >= 0.6 is 0 Å². The quantitative estimate of drug-likeness (QED) is 0.0860. The van der Waals surface area contributed by atoms with Crippen LogP contribution in [0, 0.1) is 0 Å². The Bertz CT molecular complexity index is 2010. The zero-order chi connectivity index (χ0) is 30.0. The van der Waals surface area contributed by atoms with Crippen LogP contribution in [0.25, 0.3) is 43.7 Å². The first-order valence-corrected chi connectivity index (χ1v) is 14.0. The number of anilines is 3. The van der Waals surface area contributed by atoms with Crippen LogP contribution < -0.4 is 4.90 Å². The van der Waals surface area contributed by atoms with E-state index in [0.29, 0.717) is 27.9 Å². The van der Waals surface area contributed by atoms with Gasteiger partial charge in [-0.05, 0) is 59.4 Å². The molecular formula is C34H24N8O2. The molecular weight excluding hydrogens is 552 g/mol. The topological polar surface area (TPSA) is 131 Å². The normalized spacial score (nSPS) is 12.3. The van der Waals surface area contributed by atoms with Crippen LogP contribution in [0.15, 0.2) is 120 Å². The van der Waals surface area contributed by atoms with Gasteiger partial charge in [-0.3, -0.25) is 19.6 Å². The fourth-order valence-corrected chi connectivity index (χ4v) is 5.74. The van der Waals surface area contributed by atoms with Crippen molar-refractivity contribution >= 4 is 39.6 Å². The summed E-state index contributed by atoms with van der Waals surface area (Å²) in [6.07, 6.45) is 0. The molecule has 0 unspecified atom stereocenters. The number of aromatic nitrogens is 3. The lowest BCUT2D eigenvalue weighted by Crippen LogP contribution is -2.41. The maximum atomic E-state index is 13.3. The summed E-state index contributed by atoms with van der Waals surface area (Å²) in [7, 11) is 0. The molecule has 1 N–H and O–H groups in total. The van der Waals surface area contributed by atoms with E-state index in [-0.39, 0.29) is 13.1 Å². The third-order valence-corrected chi connectivity index (χ3v) is 7.72. The highest BCUT2D eigenvalue weighted by molar-refractivity contribution is 6.27. The van der Waals surface area contributed by atoms with Crippen LogP contribution in [-0.2, 0) is 0 Å². The van der Waals surface area contributed by atoms with Crippen LogP contribution in [0.4, 0.5) is 17.1 Å². The van der Waals surface area contributed by atoms with Gasteiger partial charge in [0.25, 0.3) is 11.8 Å². The summed E-state index contributed by atoms with van der Waals surface area (Å²) < 4.78 is 0. The lowest BCUT2D eigenvalue weighted by Gasteiger charge is -2.27. The molecule has 1 aliphatic rings. The van der Waals surface area contributed by atoms with Gasteiger partial charge in [-0.1, -0.05) is 77.1 Å². The molecule has 0 saturated carbocycles. The first kappa shape index (κ1) is 26.6. The number of nitrogens with one attached hydrogen (secondary N) is 1. The van der Waals surface area contributed by atoms with E-state index in [0.717, 1.165) is 38.5 Å². The second kappa shape index (κ2) is 11.2. The Labute approximate surface area is 251 Å². The number of benzene rings is 5. The summed E-state index contributed by atoms with van der Waals surface area (Å²) in [4.78, 5) is 32.7. The molecule has 2 heterocycles. The smallest absolute Gasteiger partial charge is 0.261 e. The Morgan fingerprint density at radius 3 is 2.00 bits per heavy atom. The van der Waals surface area contributed by atoms with Crippen molar-refractivity contribution in [2.45, 2.75) is 0 Å². The molecule has 1 aromatic heterocycles. The minimum Gasteiger partial charge on any atom is -0.311 e. The average molecular weight is 577 g/mol. The van der Waals surface area contributed by atoms with Gasteiger partial charge in [0.2, 0.25) is 0 Å². The Morgan fingerprint density at radius 2 is 1.34 bits per heavy atom. The summed E-state index contributed by atoms with van der Waals surface area (Å²) in [5, 5.41) is 16.4. The largest absolute Gasteiger partial charge is 0.311 e. The van der Waals surface area contributed by atoms with Crippen molar-refractivity contribution in [2.24, 2.45) is 5.11 Å². The molecule has 0 aliphatic carbocycles. The van der Waals surface area contributed by atoms with Crippen molar-refractivity contribution in [1.29, 1.82) is 0 Å². The fourth-order valence-electron chi connectivity index (χ4n) is 5.74. The van der Waals surface area contributed by atoms with E-state index >= 15 is 0 Å². The molecule has 0 bridgehead atoms. The standard InChI is InChI=1S/C34H24N8O2/c35-39-36-20-21-41-33(43)28-13-7-12-26-27(18-19-29(30(26)28)34(41)44)32-31(37-40-38-32)22-14-16-25(17-15-22)42(23-8-3-1-4-9-23)24-10-5-2-6-11-24/h1-19H,20-21H2,(H,37,38,40). The Kier molecular flexibility index (Phi) is 6.78. The molecule has 10 nitrogen and oxygen atoms in total. The molecule has 1 aliphatic heterocycles. The van der Waals surface area contributed by atoms with Gasteiger partial charge in [0.15, 0.2) is 0 Å². The van der Waals surface area contributed by atoms with E-state index in [1.165, 1.54) is 0 Å². The van der Waals surface area contributed by atoms with Crippen LogP contribution in [0.2, 0.25) is 0 Å². The number of rotatable bonds is 8. The Balaban J connectivity index is 1.27. The van der Waals surface area contributed by atoms with Gasteiger partial charge in [-0.2, -0.15) is 0 Å². The van der Waals surface area contributed by atoms with E-state index in [9.17, 15) is 9.59 Å². The molecule has 0 atom stereocenters. The first-order valence-electron chi connectivity index (χ1n) is 14.0. The third-order valence-electron chi connectivity index (χ3n) is 7.72. The van der Waals surface area contributed by atoms with Gasteiger partial charge >= 0.3 is 0 Å². The van der Waals surface area contributed by atoms with Crippen LogP contribution in [0.3, 0.4) is 0 Å². The van der Waals surface area contributed by atoms with Crippen molar-refractivity contribution in [3.63, 3.8) is 0 Å². The maximum absolute atomic E-state index is 13.3. The first-order chi connectivity index (χ1) is 21.7. The van der Waals surface area contributed by atoms with E-state index in [1.54, 1.807) is 18.2 Å². The second-order valence-corrected chi connectivity index (χ2v) is 10.2. The molecule has 6 aromatic rings. The van der Waals surface area contributed by atoms with E-state index in [4.69, 9.17) is 5.53 Å². The van der Waals surface area contributed by atoms with Crippen molar-refractivity contribution in [3.8, 4) is 22.5 Å². The summed E-state index contributed by atoms with van der Waals surface area (Å²) in [6, 6.07) is 37.4. The predicted molar refractivity (Wildman–Crippen MR) is 169 cm³/mol. The molecule has 212 valence electrons. The number of H-pyrrole nitrogens is 1. The lowest BCUT2D eigenvalue weighted by molar-refractivity contribution is 0.0615. The van der Waals surface area contributed by atoms with Crippen molar-refractivity contribution in [1.82, 2.24) is 20.3 Å². The van der Waals surface area contributed by atoms with Gasteiger partial charge in [0.1, 0.15) is 5.69 Å². The third kappa shape index (κ3) is 4.52. The van der Waals surface area contributed by atoms with Gasteiger partial charge in [0.05, 0.1) is 5.69 Å². The van der Waals surface area contributed by atoms with Crippen molar-refractivity contribution in [3.05, 3.63) is 137 Å². The zero-order valence-electron chi connectivity index (χ0n) is 23.3. The average Bonchev–Trinajstić information content (AvgIpc) is 3.56. The summed E-state index contributed by atoms with van der Waals surface area (Å²) in [6.45, 7) is 0.0175. The zero-order valence-corrected chi connectivity index (χ0v) is 23.3. The number of azide groups is 1. The van der Waals surface area contributed by atoms with E-state index in [2.05, 4.69) is 54.6 Å². The van der Waals surface area contributed by atoms with Gasteiger partial charge in [-0.15, -0.1) is 5.10 Å². The minimum absolute atomic E-state index is 0.00773. The SMILES string of the molecule is [N-]=[N+]=NCCN1C(=O)c2cccc3c(-c4[nH]nnc4-c4ccc(N(c5ccccc5)c5ccccc5)cc4)ccc(c23)C1=O. The molecule has 10 heteroatoms. The second-order valence-electron chi connectivity index (χ2n) is 10.2. The number of aromatic amines is 1. The summed E-state index contributed by atoms with van der Waals surface area (Å²) >= 11 is 0. The number of carbonyl (C=O) groups is 2. The number of hydrogen-bond acceptors (Lipinski definition) is 6. The lowest BCUT2D eigenvalue weighted by atomic mass is 9.89. The number of hydrogen-bond donors (Lipinski definition) is 1. The number of para-hydroxylation sites is 2. The van der Waals surface area contributed by atoms with Crippen molar-refractivity contribution in [2.75, 3.05) is 18.0 Å². The van der Waals surface area contributed by atoms with Gasteiger partial charge in [-0.25, -0.2) is 0 Å². The Hall–Kier alpha value is -6.25. The van der Waals surface area contributed by atoms with Crippen LogP contribution in [-0.4, -0.2) is 45.2 Å². The van der Waals surface area contributed by atoms with Crippen LogP contribution in [0.5, 0.6) is 0 Å². The highest BCUT2D eigenvalue weighted by Gasteiger charge is 2.33. The van der Waals surface area contributed by atoms with Gasteiger partial charge in [0, 0.05) is 62.7 Å². The summed E-state index contributed by atoms with van der Waals surface area (Å²) in [5.74, 6) is -0.836. The molecule has 0 radical (unpaired) electrons. The Morgan fingerprint density at radius 1 is 0.727 bits per heavy atom. The predicted octanol–water partition coefficient (Wildman–Crippen LogP) is 7.67. The number of amides is 2. The van der Waals surface area contributed by atoms with Crippen molar-refractivity contribution < 1.29 is 9.59 Å². The molecule has 5 aromatic carbocycles. The van der Waals surface area contributed by atoms with E-state index < -0.39 is 11.8 Å². The molecule has 44 heavy (non-hydrogen) atoms. The molecule has 0 fully saturated rings. The maximum Gasteiger partial charge on any atom is 0.261 e.